The van der Waals surface area contributed by atoms with Crippen LogP contribution < -0.4 is 19.5 Å². The fraction of sp³-hybridized carbons (Fsp3) is 0.316. The highest BCUT2D eigenvalue weighted by molar-refractivity contribution is 5.94. The molecule has 6 nitrogen and oxygen atoms in total. The number of ether oxygens (including phenoxy) is 4. The molecule has 6 heteroatoms. The molecule has 2 rings (SSSR count). The zero-order valence-corrected chi connectivity index (χ0v) is 14.9. The second-order valence-corrected chi connectivity index (χ2v) is 5.33. The van der Waals surface area contributed by atoms with E-state index in [4.69, 9.17) is 18.9 Å². The summed E-state index contributed by atoms with van der Waals surface area (Å²) in [6.45, 7) is 0.826. The quantitative estimate of drug-likeness (QED) is 0.797. The predicted octanol–water partition coefficient (Wildman–Crippen LogP) is 2.79. The fourth-order valence-electron chi connectivity index (χ4n) is 2.43. The lowest BCUT2D eigenvalue weighted by Gasteiger charge is -2.14. The molecule has 25 heavy (non-hydrogen) atoms. The van der Waals surface area contributed by atoms with E-state index in [2.05, 4.69) is 5.32 Å². The highest BCUT2D eigenvalue weighted by Gasteiger charge is 2.13. The standard InChI is InChI=1S/C19H23NO5/c1-22-12-13-5-7-14(8-6-13)19(21)20-11-15-9-17(24-3)18(25-4)10-16(15)23-2/h5-10H,11-12H2,1-4H3,(H,20,21). The lowest BCUT2D eigenvalue weighted by atomic mass is 10.1. The van der Waals surface area contributed by atoms with Gasteiger partial charge in [-0.25, -0.2) is 0 Å². The van der Waals surface area contributed by atoms with Crippen molar-refractivity contribution in [2.75, 3.05) is 28.4 Å². The Labute approximate surface area is 147 Å². The second-order valence-electron chi connectivity index (χ2n) is 5.33. The highest BCUT2D eigenvalue weighted by atomic mass is 16.5. The van der Waals surface area contributed by atoms with Crippen LogP contribution in [0.2, 0.25) is 0 Å². The van der Waals surface area contributed by atoms with Crippen molar-refractivity contribution in [2.24, 2.45) is 0 Å². The third kappa shape index (κ3) is 4.64. The summed E-state index contributed by atoms with van der Waals surface area (Å²) >= 11 is 0. The second kappa shape index (κ2) is 8.94. The van der Waals surface area contributed by atoms with Crippen LogP contribution in [0.4, 0.5) is 0 Å². The topological polar surface area (TPSA) is 66.0 Å². The first-order valence-corrected chi connectivity index (χ1v) is 7.77. The molecule has 0 spiro atoms. The average Bonchev–Trinajstić information content (AvgIpc) is 2.66. The van der Waals surface area contributed by atoms with Crippen LogP contribution in [-0.2, 0) is 17.9 Å². The summed E-state index contributed by atoms with van der Waals surface area (Å²) in [5.74, 6) is 1.61. The largest absolute Gasteiger partial charge is 0.496 e. The summed E-state index contributed by atoms with van der Waals surface area (Å²) in [6, 6.07) is 10.8. The Balaban J connectivity index is 2.10. The molecular weight excluding hydrogens is 322 g/mol. The first-order valence-electron chi connectivity index (χ1n) is 7.77. The predicted molar refractivity (Wildman–Crippen MR) is 94.4 cm³/mol. The maximum absolute atomic E-state index is 12.3. The molecule has 0 atom stereocenters. The van der Waals surface area contributed by atoms with Gasteiger partial charge in [-0.1, -0.05) is 12.1 Å². The number of benzene rings is 2. The Morgan fingerprint density at radius 2 is 1.48 bits per heavy atom. The Morgan fingerprint density at radius 3 is 2.04 bits per heavy atom. The van der Waals surface area contributed by atoms with E-state index in [1.807, 2.05) is 12.1 Å². The molecule has 0 aliphatic heterocycles. The van der Waals surface area contributed by atoms with Gasteiger partial charge < -0.3 is 24.3 Å². The molecule has 0 aliphatic rings. The van der Waals surface area contributed by atoms with E-state index in [0.29, 0.717) is 36.0 Å². The van der Waals surface area contributed by atoms with Crippen molar-refractivity contribution in [2.45, 2.75) is 13.2 Å². The van der Waals surface area contributed by atoms with Crippen molar-refractivity contribution in [1.29, 1.82) is 0 Å². The van der Waals surface area contributed by atoms with Gasteiger partial charge in [-0.05, 0) is 23.8 Å². The minimum absolute atomic E-state index is 0.166. The van der Waals surface area contributed by atoms with E-state index in [0.717, 1.165) is 11.1 Å². The molecule has 2 aromatic rings. The van der Waals surface area contributed by atoms with Crippen LogP contribution in [-0.4, -0.2) is 34.3 Å². The minimum Gasteiger partial charge on any atom is -0.496 e. The van der Waals surface area contributed by atoms with Crippen LogP contribution in [0.15, 0.2) is 36.4 Å². The molecule has 0 aliphatic carbocycles. The summed E-state index contributed by atoms with van der Waals surface area (Å²) in [6.07, 6.45) is 0. The molecule has 0 bridgehead atoms. The van der Waals surface area contributed by atoms with Gasteiger partial charge in [0.1, 0.15) is 5.75 Å². The van der Waals surface area contributed by atoms with Crippen LogP contribution in [0.1, 0.15) is 21.5 Å². The van der Waals surface area contributed by atoms with Crippen molar-refractivity contribution < 1.29 is 23.7 Å². The van der Waals surface area contributed by atoms with E-state index < -0.39 is 0 Å². The smallest absolute Gasteiger partial charge is 0.251 e. The fourth-order valence-corrected chi connectivity index (χ4v) is 2.43. The Bertz CT molecular complexity index is 712. The van der Waals surface area contributed by atoms with Gasteiger partial charge in [0.2, 0.25) is 0 Å². The highest BCUT2D eigenvalue weighted by Crippen LogP contribution is 2.34. The molecule has 1 amide bonds. The van der Waals surface area contributed by atoms with Gasteiger partial charge in [-0.3, -0.25) is 4.79 Å². The Hall–Kier alpha value is -2.73. The molecule has 0 saturated heterocycles. The van der Waals surface area contributed by atoms with E-state index in [1.54, 1.807) is 52.7 Å². The average molecular weight is 345 g/mol. The maximum Gasteiger partial charge on any atom is 0.251 e. The number of methoxy groups -OCH3 is 4. The molecule has 2 aromatic carbocycles. The van der Waals surface area contributed by atoms with Gasteiger partial charge in [0.25, 0.3) is 5.91 Å². The first-order chi connectivity index (χ1) is 12.1. The van der Waals surface area contributed by atoms with Crippen molar-refractivity contribution in [1.82, 2.24) is 5.32 Å². The van der Waals surface area contributed by atoms with Crippen LogP contribution in [0.3, 0.4) is 0 Å². The van der Waals surface area contributed by atoms with Crippen molar-refractivity contribution in [3.8, 4) is 17.2 Å². The summed E-state index contributed by atoms with van der Waals surface area (Å²) in [5, 5.41) is 2.88. The number of rotatable bonds is 8. The summed E-state index contributed by atoms with van der Waals surface area (Å²) in [4.78, 5) is 12.3. The molecule has 0 saturated carbocycles. The van der Waals surface area contributed by atoms with Gasteiger partial charge in [-0.15, -0.1) is 0 Å². The lowest BCUT2D eigenvalue weighted by molar-refractivity contribution is 0.0950. The third-order valence-corrected chi connectivity index (χ3v) is 3.75. The van der Waals surface area contributed by atoms with Crippen molar-refractivity contribution in [3.05, 3.63) is 53.1 Å². The molecule has 0 heterocycles. The number of amides is 1. The normalized spacial score (nSPS) is 10.2. The summed E-state index contributed by atoms with van der Waals surface area (Å²) < 4.78 is 21.0. The lowest BCUT2D eigenvalue weighted by Crippen LogP contribution is -2.23. The SMILES string of the molecule is COCc1ccc(C(=O)NCc2cc(OC)c(OC)cc2OC)cc1. The van der Waals surface area contributed by atoms with Crippen LogP contribution in [0.5, 0.6) is 17.2 Å². The summed E-state index contributed by atoms with van der Waals surface area (Å²) in [5.41, 5.74) is 2.39. The number of hydrogen-bond donors (Lipinski definition) is 1. The number of carbonyl (C=O) groups is 1. The van der Waals surface area contributed by atoms with E-state index >= 15 is 0 Å². The van der Waals surface area contributed by atoms with Gasteiger partial charge in [0.05, 0.1) is 27.9 Å². The summed E-state index contributed by atoms with van der Waals surface area (Å²) in [7, 11) is 6.33. The maximum atomic E-state index is 12.3. The van der Waals surface area contributed by atoms with E-state index in [-0.39, 0.29) is 5.91 Å². The number of nitrogens with one attached hydrogen (secondary N) is 1. The van der Waals surface area contributed by atoms with Crippen molar-refractivity contribution >= 4 is 5.91 Å². The van der Waals surface area contributed by atoms with Crippen LogP contribution in [0.25, 0.3) is 0 Å². The van der Waals surface area contributed by atoms with Gasteiger partial charge >= 0.3 is 0 Å². The molecule has 1 N–H and O–H groups in total. The zero-order valence-electron chi connectivity index (χ0n) is 14.9. The molecule has 0 unspecified atom stereocenters. The van der Waals surface area contributed by atoms with Crippen molar-refractivity contribution in [3.63, 3.8) is 0 Å². The molecule has 0 radical (unpaired) electrons. The third-order valence-electron chi connectivity index (χ3n) is 3.75. The Morgan fingerprint density at radius 1 is 0.880 bits per heavy atom. The molecule has 0 fully saturated rings. The van der Waals surface area contributed by atoms with Gasteiger partial charge in [0.15, 0.2) is 11.5 Å². The zero-order chi connectivity index (χ0) is 18.2. The number of hydrogen-bond acceptors (Lipinski definition) is 5. The monoisotopic (exact) mass is 345 g/mol. The minimum atomic E-state index is -0.166. The number of carbonyl (C=O) groups excluding carboxylic acids is 1. The van der Waals surface area contributed by atoms with Gasteiger partial charge in [-0.2, -0.15) is 0 Å². The van der Waals surface area contributed by atoms with E-state index in [1.165, 1.54) is 0 Å². The van der Waals surface area contributed by atoms with Gasteiger partial charge in [0, 0.05) is 30.8 Å². The molecule has 0 aromatic heterocycles. The molecule has 134 valence electrons. The van der Waals surface area contributed by atoms with E-state index in [9.17, 15) is 4.79 Å². The first kappa shape index (κ1) is 18.6. The van der Waals surface area contributed by atoms with Crippen LogP contribution in [0, 0.1) is 0 Å². The Kier molecular flexibility index (Phi) is 6.65. The van der Waals surface area contributed by atoms with Crippen LogP contribution >= 0.6 is 0 Å². The molecular formula is C19H23NO5.